The van der Waals surface area contributed by atoms with E-state index in [1.165, 1.54) is 18.2 Å². The van der Waals surface area contributed by atoms with Crippen molar-refractivity contribution in [2.24, 2.45) is 0 Å². The van der Waals surface area contributed by atoms with Crippen molar-refractivity contribution >= 4 is 16.8 Å². The maximum atomic E-state index is 13.3. The second-order valence-electron chi connectivity index (χ2n) is 6.36. The quantitative estimate of drug-likeness (QED) is 0.743. The normalized spacial score (nSPS) is 15.6. The number of hydrogen-bond donors (Lipinski definition) is 1. The Balaban J connectivity index is 1.54. The molecule has 25 heavy (non-hydrogen) atoms. The predicted octanol–water partition coefficient (Wildman–Crippen LogP) is 3.52. The molecule has 1 aliphatic heterocycles. The van der Waals surface area contributed by atoms with Crippen LogP contribution in [0.3, 0.4) is 0 Å². The molecule has 0 unspecified atom stereocenters. The molecule has 1 N–H and O–H groups in total. The molecule has 0 atom stereocenters. The number of rotatable bonds is 3. The van der Waals surface area contributed by atoms with Crippen LogP contribution in [0.4, 0.5) is 4.39 Å². The molecule has 0 radical (unpaired) electrons. The average Bonchev–Trinajstić information content (AvgIpc) is 3.27. The largest absolute Gasteiger partial charge is 0.360 e. The van der Waals surface area contributed by atoms with Gasteiger partial charge in [-0.05, 0) is 37.1 Å². The van der Waals surface area contributed by atoms with Crippen LogP contribution >= 0.6 is 0 Å². The molecule has 1 aromatic carbocycles. The summed E-state index contributed by atoms with van der Waals surface area (Å²) in [5.41, 5.74) is 2.79. The lowest BCUT2D eigenvalue weighted by atomic mass is 10.0. The van der Waals surface area contributed by atoms with Crippen molar-refractivity contribution in [1.82, 2.24) is 19.7 Å². The highest BCUT2D eigenvalue weighted by molar-refractivity contribution is 5.95. The minimum Gasteiger partial charge on any atom is -0.360 e. The highest BCUT2D eigenvalue weighted by Crippen LogP contribution is 2.30. The van der Waals surface area contributed by atoms with Crippen molar-refractivity contribution in [1.29, 1.82) is 0 Å². The molecule has 3 aromatic rings. The Hall–Kier alpha value is -2.89. The topological polar surface area (TPSA) is 53.9 Å². The van der Waals surface area contributed by atoms with E-state index in [9.17, 15) is 9.18 Å². The first kappa shape index (κ1) is 15.6. The molecular weight excluding hydrogens is 319 g/mol. The molecule has 4 rings (SSSR count). The first-order chi connectivity index (χ1) is 12.2. The van der Waals surface area contributed by atoms with E-state index in [1.54, 1.807) is 6.07 Å². The van der Waals surface area contributed by atoms with Crippen molar-refractivity contribution in [2.45, 2.75) is 18.9 Å². The lowest BCUT2D eigenvalue weighted by molar-refractivity contribution is -0.127. The van der Waals surface area contributed by atoms with Gasteiger partial charge in [-0.1, -0.05) is 6.58 Å². The molecule has 1 fully saturated rings. The monoisotopic (exact) mass is 338 g/mol. The molecular formula is C19H19FN4O. The number of halogens is 1. The zero-order valence-corrected chi connectivity index (χ0v) is 13.8. The van der Waals surface area contributed by atoms with E-state index >= 15 is 0 Å². The summed E-state index contributed by atoms with van der Waals surface area (Å²) >= 11 is 0. The molecule has 0 saturated carbocycles. The second kappa shape index (κ2) is 6.20. The molecule has 128 valence electrons. The third-order valence-electron chi connectivity index (χ3n) is 4.88. The minimum atomic E-state index is -0.252. The van der Waals surface area contributed by atoms with Crippen LogP contribution in [0, 0.1) is 5.82 Å². The van der Waals surface area contributed by atoms with E-state index in [-0.39, 0.29) is 17.8 Å². The molecule has 6 heteroatoms. The van der Waals surface area contributed by atoms with Crippen molar-refractivity contribution < 1.29 is 9.18 Å². The SMILES string of the molecule is C=CC(=O)N1CCC(n2cc(-c3c[nH]c4cc(F)ccc34)cn2)CC1. The van der Waals surface area contributed by atoms with Gasteiger partial charge in [-0.15, -0.1) is 0 Å². The number of amides is 1. The van der Waals surface area contributed by atoms with Crippen LogP contribution < -0.4 is 0 Å². The summed E-state index contributed by atoms with van der Waals surface area (Å²) in [4.78, 5) is 16.6. The number of nitrogens with one attached hydrogen (secondary N) is 1. The molecule has 3 heterocycles. The molecule has 0 spiro atoms. The van der Waals surface area contributed by atoms with Crippen LogP contribution in [0.15, 0.2) is 49.4 Å². The van der Waals surface area contributed by atoms with E-state index in [1.807, 2.05) is 28.2 Å². The zero-order valence-electron chi connectivity index (χ0n) is 13.8. The number of benzene rings is 1. The zero-order chi connectivity index (χ0) is 17.4. The maximum Gasteiger partial charge on any atom is 0.245 e. The number of carbonyl (C=O) groups is 1. The van der Waals surface area contributed by atoms with Crippen molar-refractivity contribution in [3.63, 3.8) is 0 Å². The van der Waals surface area contributed by atoms with E-state index in [2.05, 4.69) is 16.7 Å². The van der Waals surface area contributed by atoms with E-state index in [4.69, 9.17) is 0 Å². The average molecular weight is 338 g/mol. The number of nitrogens with zero attached hydrogens (tertiary/aromatic N) is 3. The Kier molecular flexibility index (Phi) is 3.87. The summed E-state index contributed by atoms with van der Waals surface area (Å²) in [6.45, 7) is 4.98. The van der Waals surface area contributed by atoms with Crippen molar-refractivity contribution in [3.8, 4) is 11.1 Å². The molecule has 1 amide bonds. The number of fused-ring (bicyclic) bond motifs is 1. The van der Waals surface area contributed by atoms with E-state index in [0.717, 1.165) is 48.0 Å². The summed E-state index contributed by atoms with van der Waals surface area (Å²) in [6, 6.07) is 5.03. The number of aromatic amines is 1. The van der Waals surface area contributed by atoms with Gasteiger partial charge in [0.2, 0.25) is 5.91 Å². The number of hydrogen-bond acceptors (Lipinski definition) is 2. The minimum absolute atomic E-state index is 0.00868. The summed E-state index contributed by atoms with van der Waals surface area (Å²) < 4.78 is 15.3. The van der Waals surface area contributed by atoms with Gasteiger partial charge >= 0.3 is 0 Å². The van der Waals surface area contributed by atoms with Gasteiger partial charge in [-0.25, -0.2) is 4.39 Å². The smallest absolute Gasteiger partial charge is 0.245 e. The molecule has 1 saturated heterocycles. The van der Waals surface area contributed by atoms with Gasteiger partial charge in [0.15, 0.2) is 0 Å². The van der Waals surface area contributed by atoms with Crippen molar-refractivity contribution in [2.75, 3.05) is 13.1 Å². The van der Waals surface area contributed by atoms with Gasteiger partial charge in [0.05, 0.1) is 12.2 Å². The Morgan fingerprint density at radius 3 is 2.92 bits per heavy atom. The first-order valence-electron chi connectivity index (χ1n) is 8.38. The van der Waals surface area contributed by atoms with Gasteiger partial charge in [0, 0.05) is 47.5 Å². The number of likely N-dealkylation sites (tertiary alicyclic amines) is 1. The van der Waals surface area contributed by atoms with Crippen LogP contribution in [-0.4, -0.2) is 38.7 Å². The molecule has 5 nitrogen and oxygen atoms in total. The summed E-state index contributed by atoms with van der Waals surface area (Å²) in [5, 5.41) is 5.49. The Morgan fingerprint density at radius 2 is 2.16 bits per heavy atom. The Bertz CT molecular complexity index is 934. The fourth-order valence-electron chi connectivity index (χ4n) is 3.49. The molecule has 2 aromatic heterocycles. The maximum absolute atomic E-state index is 13.3. The van der Waals surface area contributed by atoms with E-state index in [0.29, 0.717) is 0 Å². The van der Waals surface area contributed by atoms with E-state index < -0.39 is 0 Å². The van der Waals surface area contributed by atoms with Gasteiger partial charge in [0.25, 0.3) is 0 Å². The third-order valence-corrected chi connectivity index (χ3v) is 4.88. The molecule has 0 bridgehead atoms. The van der Waals surface area contributed by atoms with Gasteiger partial charge < -0.3 is 9.88 Å². The molecule has 0 aliphatic carbocycles. The lowest BCUT2D eigenvalue weighted by Gasteiger charge is -2.31. The Morgan fingerprint density at radius 1 is 1.36 bits per heavy atom. The molecule has 1 aliphatic rings. The summed E-state index contributed by atoms with van der Waals surface area (Å²) in [6.07, 6.45) is 8.87. The van der Waals surface area contributed by atoms with Gasteiger partial charge in [0.1, 0.15) is 5.82 Å². The fraction of sp³-hybridized carbons (Fsp3) is 0.263. The number of carbonyl (C=O) groups excluding carboxylic acids is 1. The number of piperidine rings is 1. The summed E-state index contributed by atoms with van der Waals surface area (Å²) in [7, 11) is 0. The standard InChI is InChI=1S/C19H19FN4O/c1-2-19(25)23-7-5-15(6-8-23)24-12-13(10-22-24)17-11-21-18-9-14(20)3-4-16(17)18/h2-4,9-12,15,21H,1,5-8H2. The number of aromatic nitrogens is 3. The summed E-state index contributed by atoms with van der Waals surface area (Å²) in [5.74, 6) is -0.261. The third kappa shape index (κ3) is 2.84. The van der Waals surface area contributed by atoms with Crippen LogP contribution in [-0.2, 0) is 4.79 Å². The number of H-pyrrole nitrogens is 1. The van der Waals surface area contributed by atoms with Crippen LogP contribution in [0.2, 0.25) is 0 Å². The first-order valence-corrected chi connectivity index (χ1v) is 8.38. The van der Waals surface area contributed by atoms with Gasteiger partial charge in [-0.2, -0.15) is 5.10 Å². The van der Waals surface area contributed by atoms with Gasteiger partial charge in [-0.3, -0.25) is 9.48 Å². The van der Waals surface area contributed by atoms with Crippen molar-refractivity contribution in [3.05, 3.63) is 55.3 Å². The van der Waals surface area contributed by atoms with Crippen LogP contribution in [0.1, 0.15) is 18.9 Å². The Labute approximate surface area is 144 Å². The van der Waals surface area contributed by atoms with Crippen LogP contribution in [0.25, 0.3) is 22.0 Å². The van der Waals surface area contributed by atoms with Crippen LogP contribution in [0.5, 0.6) is 0 Å². The fourth-order valence-corrected chi connectivity index (χ4v) is 3.49. The second-order valence-corrected chi connectivity index (χ2v) is 6.36. The lowest BCUT2D eigenvalue weighted by Crippen LogP contribution is -2.38. The highest BCUT2D eigenvalue weighted by atomic mass is 19.1. The highest BCUT2D eigenvalue weighted by Gasteiger charge is 2.23. The predicted molar refractivity (Wildman–Crippen MR) is 94.5 cm³/mol.